The Bertz CT molecular complexity index is 802. The summed E-state index contributed by atoms with van der Waals surface area (Å²) in [4.78, 5) is 20.1. The summed E-state index contributed by atoms with van der Waals surface area (Å²) >= 11 is 0. The van der Waals surface area contributed by atoms with Crippen LogP contribution in [0.4, 0.5) is 5.69 Å². The lowest BCUT2D eigenvalue weighted by molar-refractivity contribution is -0.115. The predicted molar refractivity (Wildman–Crippen MR) is 130 cm³/mol. The highest BCUT2D eigenvalue weighted by atomic mass is 127. The molecule has 0 spiro atoms. The molecule has 1 heterocycles. The number of hydrogen-bond acceptors (Lipinski definition) is 5. The smallest absolute Gasteiger partial charge is 0.243 e. The fraction of sp³-hybridized carbons (Fsp3) is 0.381. The van der Waals surface area contributed by atoms with Gasteiger partial charge in [-0.2, -0.15) is 0 Å². The Labute approximate surface area is 194 Å². The van der Waals surface area contributed by atoms with Gasteiger partial charge >= 0.3 is 0 Å². The average molecular weight is 527 g/mol. The molecule has 0 aliphatic heterocycles. The van der Waals surface area contributed by atoms with Crippen molar-refractivity contribution < 1.29 is 14.3 Å². The van der Waals surface area contributed by atoms with Gasteiger partial charge in [0.2, 0.25) is 5.91 Å². The summed E-state index contributed by atoms with van der Waals surface area (Å²) in [5.41, 5.74) is 1.78. The zero-order chi connectivity index (χ0) is 20.9. The molecule has 2 rings (SSSR count). The molecule has 1 amide bonds. The predicted octanol–water partition coefficient (Wildman–Crippen LogP) is 2.84. The largest absolute Gasteiger partial charge is 0.490 e. The van der Waals surface area contributed by atoms with Gasteiger partial charge in [0.05, 0.1) is 31.6 Å². The van der Waals surface area contributed by atoms with Crippen LogP contribution in [0.2, 0.25) is 0 Å². The van der Waals surface area contributed by atoms with Crippen molar-refractivity contribution in [2.45, 2.75) is 20.3 Å². The first-order valence-electron chi connectivity index (χ1n) is 9.69. The van der Waals surface area contributed by atoms with Crippen LogP contribution in [0.3, 0.4) is 0 Å². The van der Waals surface area contributed by atoms with Crippen LogP contribution in [0.1, 0.15) is 19.4 Å². The van der Waals surface area contributed by atoms with E-state index < -0.39 is 0 Å². The third-order valence-corrected chi connectivity index (χ3v) is 3.90. The summed E-state index contributed by atoms with van der Waals surface area (Å²) in [6.07, 6.45) is 4.02. The normalized spacial score (nSPS) is 10.6. The van der Waals surface area contributed by atoms with E-state index in [1.54, 1.807) is 31.6 Å². The van der Waals surface area contributed by atoms with Crippen molar-refractivity contribution in [3.8, 4) is 11.5 Å². The molecular formula is C21H30IN5O3. The molecule has 9 heteroatoms. The van der Waals surface area contributed by atoms with Crippen LogP contribution in [-0.2, 0) is 11.2 Å². The molecule has 0 atom stereocenters. The SMILES string of the molecule is CCOc1ccc(CCNC(=NC)NCC(=O)Nc2cccnc2)cc1OCC.I. The highest BCUT2D eigenvalue weighted by Gasteiger charge is 2.07. The third kappa shape index (κ3) is 8.85. The number of benzene rings is 1. The zero-order valence-corrected chi connectivity index (χ0v) is 19.9. The van der Waals surface area contributed by atoms with E-state index in [0.717, 1.165) is 23.5 Å². The zero-order valence-electron chi connectivity index (χ0n) is 17.6. The summed E-state index contributed by atoms with van der Waals surface area (Å²) in [6, 6.07) is 9.49. The minimum absolute atomic E-state index is 0. The number of amides is 1. The van der Waals surface area contributed by atoms with Crippen molar-refractivity contribution in [2.75, 3.05) is 38.7 Å². The van der Waals surface area contributed by atoms with E-state index >= 15 is 0 Å². The second kappa shape index (κ2) is 14.4. The maximum Gasteiger partial charge on any atom is 0.243 e. The Morgan fingerprint density at radius 1 is 1.10 bits per heavy atom. The first-order chi connectivity index (χ1) is 14.2. The van der Waals surface area contributed by atoms with Gasteiger partial charge in [-0.15, -0.1) is 24.0 Å². The number of pyridine rings is 1. The summed E-state index contributed by atoms with van der Waals surface area (Å²) in [6.45, 7) is 5.83. The fourth-order valence-electron chi connectivity index (χ4n) is 2.60. The molecule has 1 aromatic carbocycles. The van der Waals surface area contributed by atoms with Gasteiger partial charge in [0.25, 0.3) is 0 Å². The molecule has 0 fully saturated rings. The van der Waals surface area contributed by atoms with Gasteiger partial charge in [-0.05, 0) is 50.1 Å². The first kappa shape index (κ1) is 25.5. The molecule has 0 aliphatic rings. The number of anilines is 1. The number of carbonyl (C=O) groups is 1. The van der Waals surface area contributed by atoms with Crippen molar-refractivity contribution in [3.63, 3.8) is 0 Å². The number of carbonyl (C=O) groups excluding carboxylic acids is 1. The minimum Gasteiger partial charge on any atom is -0.490 e. The Morgan fingerprint density at radius 2 is 1.87 bits per heavy atom. The van der Waals surface area contributed by atoms with Crippen LogP contribution < -0.4 is 25.4 Å². The van der Waals surface area contributed by atoms with Crippen LogP contribution >= 0.6 is 24.0 Å². The van der Waals surface area contributed by atoms with Gasteiger partial charge in [0.15, 0.2) is 17.5 Å². The molecule has 0 saturated carbocycles. The Morgan fingerprint density at radius 3 is 2.53 bits per heavy atom. The number of guanidine groups is 1. The number of nitrogens with one attached hydrogen (secondary N) is 3. The van der Waals surface area contributed by atoms with Crippen LogP contribution in [0.15, 0.2) is 47.7 Å². The summed E-state index contributed by atoms with van der Waals surface area (Å²) in [7, 11) is 1.67. The van der Waals surface area contributed by atoms with E-state index in [9.17, 15) is 4.79 Å². The van der Waals surface area contributed by atoms with E-state index in [-0.39, 0.29) is 36.4 Å². The minimum atomic E-state index is -0.172. The molecule has 0 aliphatic carbocycles. The fourth-order valence-corrected chi connectivity index (χ4v) is 2.60. The van der Waals surface area contributed by atoms with E-state index in [4.69, 9.17) is 9.47 Å². The standard InChI is InChI=1S/C21H29N5O3.HI/c1-4-28-18-9-8-16(13-19(18)29-5-2)10-12-24-21(22-3)25-15-20(27)26-17-7-6-11-23-14-17;/h6-9,11,13-14H,4-5,10,12,15H2,1-3H3,(H,26,27)(H2,22,24,25);1H. The van der Waals surface area contributed by atoms with E-state index in [1.807, 2.05) is 32.0 Å². The molecule has 2 aromatic rings. The van der Waals surface area contributed by atoms with Gasteiger partial charge < -0.3 is 25.4 Å². The van der Waals surface area contributed by atoms with Crippen molar-refractivity contribution in [1.29, 1.82) is 0 Å². The molecular weight excluding hydrogens is 497 g/mol. The number of halogens is 1. The van der Waals surface area contributed by atoms with Crippen molar-refractivity contribution in [3.05, 3.63) is 48.3 Å². The Hall–Kier alpha value is -2.56. The second-order valence-electron chi connectivity index (χ2n) is 6.04. The lowest BCUT2D eigenvalue weighted by Crippen LogP contribution is -2.42. The first-order valence-corrected chi connectivity index (χ1v) is 9.69. The number of rotatable bonds is 10. The molecule has 30 heavy (non-hydrogen) atoms. The molecule has 0 saturated heterocycles. The van der Waals surface area contributed by atoms with Crippen LogP contribution in [-0.4, -0.2) is 50.2 Å². The Kier molecular flexibility index (Phi) is 12.3. The summed E-state index contributed by atoms with van der Waals surface area (Å²) in [5, 5.41) is 8.96. The molecule has 164 valence electrons. The van der Waals surface area contributed by atoms with Gasteiger partial charge in [-0.1, -0.05) is 6.07 Å². The monoisotopic (exact) mass is 527 g/mol. The van der Waals surface area contributed by atoms with Gasteiger partial charge in [-0.25, -0.2) is 0 Å². The molecule has 8 nitrogen and oxygen atoms in total. The van der Waals surface area contributed by atoms with E-state index in [2.05, 4.69) is 25.9 Å². The number of ether oxygens (including phenoxy) is 2. The average Bonchev–Trinajstić information content (AvgIpc) is 2.73. The second-order valence-corrected chi connectivity index (χ2v) is 6.04. The number of aliphatic imine (C=N–C) groups is 1. The van der Waals surface area contributed by atoms with Gasteiger partial charge in [-0.3, -0.25) is 14.8 Å². The molecule has 1 aromatic heterocycles. The van der Waals surface area contributed by atoms with Crippen molar-refractivity contribution in [1.82, 2.24) is 15.6 Å². The lowest BCUT2D eigenvalue weighted by atomic mass is 10.1. The lowest BCUT2D eigenvalue weighted by Gasteiger charge is -2.14. The quantitative estimate of drug-likeness (QED) is 0.250. The molecule has 0 radical (unpaired) electrons. The van der Waals surface area contributed by atoms with Crippen molar-refractivity contribution >= 4 is 41.5 Å². The van der Waals surface area contributed by atoms with Gasteiger partial charge in [0, 0.05) is 19.8 Å². The summed E-state index contributed by atoms with van der Waals surface area (Å²) < 4.78 is 11.3. The molecule has 0 unspecified atom stereocenters. The molecule has 0 bridgehead atoms. The topological polar surface area (TPSA) is 96.9 Å². The van der Waals surface area contributed by atoms with Crippen LogP contribution in [0.5, 0.6) is 11.5 Å². The third-order valence-electron chi connectivity index (χ3n) is 3.90. The maximum absolute atomic E-state index is 12.0. The van der Waals surface area contributed by atoms with E-state index in [1.165, 1.54) is 0 Å². The van der Waals surface area contributed by atoms with Gasteiger partial charge in [0.1, 0.15) is 0 Å². The highest BCUT2D eigenvalue weighted by molar-refractivity contribution is 14.0. The van der Waals surface area contributed by atoms with Crippen molar-refractivity contribution in [2.24, 2.45) is 4.99 Å². The number of nitrogens with zero attached hydrogens (tertiary/aromatic N) is 2. The van der Waals surface area contributed by atoms with Crippen LogP contribution in [0, 0.1) is 0 Å². The van der Waals surface area contributed by atoms with E-state index in [0.29, 0.717) is 31.4 Å². The Balaban J connectivity index is 0.00000450. The molecule has 3 N–H and O–H groups in total. The number of hydrogen-bond donors (Lipinski definition) is 3. The highest BCUT2D eigenvalue weighted by Crippen LogP contribution is 2.28. The number of aromatic nitrogens is 1. The summed E-state index contributed by atoms with van der Waals surface area (Å²) in [5.74, 6) is 1.89. The van der Waals surface area contributed by atoms with Crippen LogP contribution in [0.25, 0.3) is 0 Å². The maximum atomic E-state index is 12.0.